The highest BCUT2D eigenvalue weighted by molar-refractivity contribution is 5.99. The first kappa shape index (κ1) is 14.5. The summed E-state index contributed by atoms with van der Waals surface area (Å²) in [5, 5.41) is 13.8. The van der Waals surface area contributed by atoms with E-state index < -0.39 is 6.03 Å². The number of urea groups is 1. The third-order valence-electron chi connectivity index (χ3n) is 2.92. The minimum absolute atomic E-state index is 0.328. The molecule has 0 saturated heterocycles. The SMILES string of the molecule is Cc1ccc(NC(=O)Nc2ccc(CC#N)cc2)cc1F. The number of amides is 2. The first-order valence-corrected chi connectivity index (χ1v) is 6.38. The van der Waals surface area contributed by atoms with E-state index in [0.717, 1.165) is 5.56 Å². The van der Waals surface area contributed by atoms with E-state index in [-0.39, 0.29) is 5.82 Å². The van der Waals surface area contributed by atoms with E-state index >= 15 is 0 Å². The Hall–Kier alpha value is -2.87. The molecule has 0 aliphatic rings. The molecular formula is C16H14FN3O. The summed E-state index contributed by atoms with van der Waals surface area (Å²) in [6.45, 7) is 1.65. The Morgan fingerprint density at radius 3 is 2.38 bits per heavy atom. The monoisotopic (exact) mass is 283 g/mol. The molecule has 0 aromatic heterocycles. The number of nitrogens with one attached hydrogen (secondary N) is 2. The molecule has 0 aliphatic carbocycles. The van der Waals surface area contributed by atoms with Crippen LogP contribution in [0.2, 0.25) is 0 Å². The highest BCUT2D eigenvalue weighted by Gasteiger charge is 2.05. The fourth-order valence-electron chi connectivity index (χ4n) is 1.76. The van der Waals surface area contributed by atoms with Gasteiger partial charge in [-0.25, -0.2) is 9.18 Å². The second-order valence-corrected chi connectivity index (χ2v) is 4.57. The van der Waals surface area contributed by atoms with Crippen LogP contribution in [0.25, 0.3) is 0 Å². The van der Waals surface area contributed by atoms with Gasteiger partial charge in [0.05, 0.1) is 12.5 Å². The van der Waals surface area contributed by atoms with Crippen LogP contribution in [0, 0.1) is 24.1 Å². The van der Waals surface area contributed by atoms with Gasteiger partial charge in [0.2, 0.25) is 0 Å². The number of carbonyl (C=O) groups excluding carboxylic acids is 1. The molecule has 2 aromatic carbocycles. The fourth-order valence-corrected chi connectivity index (χ4v) is 1.76. The number of nitriles is 1. The first-order valence-electron chi connectivity index (χ1n) is 6.38. The molecule has 0 atom stereocenters. The van der Waals surface area contributed by atoms with E-state index in [4.69, 9.17) is 5.26 Å². The van der Waals surface area contributed by atoms with Crippen LogP contribution >= 0.6 is 0 Å². The number of rotatable bonds is 3. The number of aryl methyl sites for hydroxylation is 1. The maximum Gasteiger partial charge on any atom is 0.323 e. The Labute approximate surface area is 122 Å². The van der Waals surface area contributed by atoms with Crippen molar-refractivity contribution in [3.63, 3.8) is 0 Å². The van der Waals surface area contributed by atoms with Crippen molar-refractivity contribution in [2.75, 3.05) is 10.6 Å². The average Bonchev–Trinajstić information content (AvgIpc) is 2.45. The lowest BCUT2D eigenvalue weighted by Crippen LogP contribution is -2.19. The van der Waals surface area contributed by atoms with Gasteiger partial charge in [0.15, 0.2) is 0 Å². The van der Waals surface area contributed by atoms with Crippen molar-refractivity contribution < 1.29 is 9.18 Å². The van der Waals surface area contributed by atoms with E-state index in [1.165, 1.54) is 6.07 Å². The topological polar surface area (TPSA) is 64.9 Å². The molecule has 0 bridgehead atoms. The number of nitrogens with zero attached hydrogens (tertiary/aromatic N) is 1. The molecule has 0 spiro atoms. The largest absolute Gasteiger partial charge is 0.323 e. The normalized spacial score (nSPS) is 9.76. The summed E-state index contributed by atoms with van der Waals surface area (Å²) >= 11 is 0. The highest BCUT2D eigenvalue weighted by atomic mass is 19.1. The second kappa shape index (κ2) is 6.53. The fraction of sp³-hybridized carbons (Fsp3) is 0.125. The van der Waals surface area contributed by atoms with E-state index in [1.807, 2.05) is 0 Å². The molecule has 106 valence electrons. The van der Waals surface area contributed by atoms with Crippen LogP contribution in [-0.2, 0) is 6.42 Å². The third kappa shape index (κ3) is 4.05. The summed E-state index contributed by atoms with van der Waals surface area (Å²) in [7, 11) is 0. The van der Waals surface area contributed by atoms with E-state index in [0.29, 0.717) is 23.4 Å². The molecular weight excluding hydrogens is 269 g/mol. The van der Waals surface area contributed by atoms with Crippen molar-refractivity contribution >= 4 is 17.4 Å². The molecule has 2 aromatic rings. The van der Waals surface area contributed by atoms with Crippen molar-refractivity contribution in [1.82, 2.24) is 0 Å². The molecule has 2 N–H and O–H groups in total. The predicted molar refractivity (Wildman–Crippen MR) is 79.5 cm³/mol. The van der Waals surface area contributed by atoms with Gasteiger partial charge in [0.25, 0.3) is 0 Å². The van der Waals surface area contributed by atoms with Crippen LogP contribution in [0.3, 0.4) is 0 Å². The maximum atomic E-state index is 13.4. The Balaban J connectivity index is 1.98. The number of benzene rings is 2. The zero-order chi connectivity index (χ0) is 15.2. The minimum atomic E-state index is -0.453. The lowest BCUT2D eigenvalue weighted by molar-refractivity contribution is 0.262. The van der Waals surface area contributed by atoms with Crippen LogP contribution in [0.5, 0.6) is 0 Å². The molecule has 2 amide bonds. The van der Waals surface area contributed by atoms with Crippen LogP contribution in [0.4, 0.5) is 20.6 Å². The zero-order valence-electron chi connectivity index (χ0n) is 11.5. The Kier molecular flexibility index (Phi) is 4.52. The van der Waals surface area contributed by atoms with Gasteiger partial charge in [0, 0.05) is 11.4 Å². The summed E-state index contributed by atoms with van der Waals surface area (Å²) < 4.78 is 13.4. The lowest BCUT2D eigenvalue weighted by Gasteiger charge is -2.08. The quantitative estimate of drug-likeness (QED) is 0.898. The summed E-state index contributed by atoms with van der Waals surface area (Å²) in [4.78, 5) is 11.8. The van der Waals surface area contributed by atoms with Gasteiger partial charge < -0.3 is 10.6 Å². The van der Waals surface area contributed by atoms with Gasteiger partial charge in [-0.2, -0.15) is 5.26 Å². The van der Waals surface area contributed by atoms with E-state index in [9.17, 15) is 9.18 Å². The van der Waals surface area contributed by atoms with Crippen molar-refractivity contribution in [3.8, 4) is 6.07 Å². The lowest BCUT2D eigenvalue weighted by atomic mass is 10.1. The summed E-state index contributed by atoms with van der Waals surface area (Å²) in [5.74, 6) is -0.367. The summed E-state index contributed by atoms with van der Waals surface area (Å²) in [5.41, 5.74) is 2.39. The number of halogens is 1. The second-order valence-electron chi connectivity index (χ2n) is 4.57. The summed E-state index contributed by atoms with van der Waals surface area (Å²) in [6.07, 6.45) is 0.328. The van der Waals surface area contributed by atoms with Gasteiger partial charge in [-0.1, -0.05) is 18.2 Å². The van der Waals surface area contributed by atoms with Crippen LogP contribution in [0.15, 0.2) is 42.5 Å². The molecule has 5 heteroatoms. The average molecular weight is 283 g/mol. The van der Waals surface area contributed by atoms with Gasteiger partial charge in [-0.15, -0.1) is 0 Å². The molecule has 0 saturated carbocycles. The Morgan fingerprint density at radius 1 is 1.14 bits per heavy atom. The van der Waals surface area contributed by atoms with Crippen molar-refractivity contribution in [2.45, 2.75) is 13.3 Å². The summed E-state index contributed by atoms with van der Waals surface area (Å²) in [6, 6.07) is 13.1. The molecule has 4 nitrogen and oxygen atoms in total. The maximum absolute atomic E-state index is 13.4. The minimum Gasteiger partial charge on any atom is -0.308 e. The standard InChI is InChI=1S/C16H14FN3O/c1-11-2-5-14(10-15(11)17)20-16(21)19-13-6-3-12(4-7-13)8-9-18/h2-7,10H,8H2,1H3,(H2,19,20,21). The molecule has 0 unspecified atom stereocenters. The van der Waals surface area contributed by atoms with E-state index in [2.05, 4.69) is 16.7 Å². The van der Waals surface area contributed by atoms with Crippen molar-refractivity contribution in [3.05, 3.63) is 59.4 Å². The number of hydrogen-bond donors (Lipinski definition) is 2. The zero-order valence-corrected chi connectivity index (χ0v) is 11.5. The number of carbonyl (C=O) groups is 1. The molecule has 21 heavy (non-hydrogen) atoms. The van der Waals surface area contributed by atoms with Crippen molar-refractivity contribution in [2.24, 2.45) is 0 Å². The number of hydrogen-bond acceptors (Lipinski definition) is 2. The predicted octanol–water partition coefficient (Wildman–Crippen LogP) is 3.84. The van der Waals surface area contributed by atoms with E-state index in [1.54, 1.807) is 43.3 Å². The molecule has 2 rings (SSSR count). The molecule has 0 heterocycles. The first-order chi connectivity index (χ1) is 10.1. The molecule has 0 fully saturated rings. The van der Waals surface area contributed by atoms with Crippen LogP contribution in [0.1, 0.15) is 11.1 Å². The van der Waals surface area contributed by atoms with Crippen LogP contribution in [-0.4, -0.2) is 6.03 Å². The van der Waals surface area contributed by atoms with Gasteiger partial charge >= 0.3 is 6.03 Å². The Morgan fingerprint density at radius 2 is 1.76 bits per heavy atom. The number of anilines is 2. The van der Waals surface area contributed by atoms with Crippen LogP contribution < -0.4 is 10.6 Å². The van der Waals surface area contributed by atoms with Gasteiger partial charge in [-0.3, -0.25) is 0 Å². The van der Waals surface area contributed by atoms with Crippen molar-refractivity contribution in [1.29, 1.82) is 5.26 Å². The third-order valence-corrected chi connectivity index (χ3v) is 2.92. The van der Waals surface area contributed by atoms with Gasteiger partial charge in [0.1, 0.15) is 5.82 Å². The highest BCUT2D eigenvalue weighted by Crippen LogP contribution is 2.15. The molecule has 0 aliphatic heterocycles. The Bertz CT molecular complexity index is 690. The van der Waals surface area contributed by atoms with Gasteiger partial charge in [-0.05, 0) is 42.3 Å². The smallest absolute Gasteiger partial charge is 0.308 e. The molecule has 0 radical (unpaired) electrons.